The molecule has 0 rings (SSSR count). The fraction of sp³-hybridized carbons (Fsp3) is 0.963. The lowest BCUT2D eigenvalue weighted by atomic mass is 10.0. The highest BCUT2D eigenvalue weighted by atomic mass is 16.3. The van der Waals surface area contributed by atoms with Crippen LogP contribution in [-0.2, 0) is 4.79 Å². The molecule has 32 heavy (non-hydrogen) atoms. The first-order valence-electron chi connectivity index (χ1n) is 13.8. The number of rotatable bonds is 24. The van der Waals surface area contributed by atoms with Gasteiger partial charge in [-0.3, -0.25) is 4.79 Å². The molecule has 0 aromatic heterocycles. The number of amides is 1. The SMILES string of the molecule is CCCCCCCCCCCCCCC[C@@H](O)[C@H](CO)NC(=O)C(O)CCCCCCC. The van der Waals surface area contributed by atoms with E-state index in [1.54, 1.807) is 0 Å². The third kappa shape index (κ3) is 18.9. The zero-order chi connectivity index (χ0) is 23.9. The molecule has 0 bridgehead atoms. The number of hydrogen-bond donors (Lipinski definition) is 4. The van der Waals surface area contributed by atoms with Gasteiger partial charge in [-0.15, -0.1) is 0 Å². The van der Waals surface area contributed by atoms with Crippen LogP contribution in [0.5, 0.6) is 0 Å². The van der Waals surface area contributed by atoms with Gasteiger partial charge in [0.2, 0.25) is 5.91 Å². The molecular weight excluding hydrogens is 402 g/mol. The van der Waals surface area contributed by atoms with Gasteiger partial charge in [0.25, 0.3) is 0 Å². The number of aliphatic hydroxyl groups excluding tert-OH is 3. The number of aliphatic hydroxyl groups is 3. The van der Waals surface area contributed by atoms with Crippen LogP contribution in [0, 0.1) is 0 Å². The molecule has 0 radical (unpaired) electrons. The van der Waals surface area contributed by atoms with Crippen molar-refractivity contribution in [1.29, 1.82) is 0 Å². The van der Waals surface area contributed by atoms with E-state index in [1.807, 2.05) is 0 Å². The Balaban J connectivity index is 3.72. The van der Waals surface area contributed by atoms with Crippen LogP contribution in [0.15, 0.2) is 0 Å². The van der Waals surface area contributed by atoms with Crippen molar-refractivity contribution in [3.63, 3.8) is 0 Å². The molecule has 0 spiro atoms. The van der Waals surface area contributed by atoms with Crippen molar-refractivity contribution in [2.45, 2.75) is 161 Å². The normalized spacial score (nSPS) is 14.3. The lowest BCUT2D eigenvalue weighted by Gasteiger charge is -2.23. The molecule has 0 aliphatic carbocycles. The molecule has 192 valence electrons. The van der Waals surface area contributed by atoms with E-state index in [0.29, 0.717) is 12.8 Å². The molecule has 0 aromatic rings. The van der Waals surface area contributed by atoms with Crippen molar-refractivity contribution < 1.29 is 20.1 Å². The highest BCUT2D eigenvalue weighted by Crippen LogP contribution is 2.14. The van der Waals surface area contributed by atoms with Gasteiger partial charge < -0.3 is 20.6 Å². The smallest absolute Gasteiger partial charge is 0.249 e. The molecule has 0 aromatic carbocycles. The van der Waals surface area contributed by atoms with Gasteiger partial charge in [0.1, 0.15) is 6.10 Å². The Labute approximate surface area is 198 Å². The molecule has 4 N–H and O–H groups in total. The Bertz CT molecular complexity index is 405. The summed E-state index contributed by atoms with van der Waals surface area (Å²) in [5.74, 6) is -0.482. The summed E-state index contributed by atoms with van der Waals surface area (Å²) < 4.78 is 0. The van der Waals surface area contributed by atoms with E-state index >= 15 is 0 Å². The summed E-state index contributed by atoms with van der Waals surface area (Å²) in [6.45, 7) is 4.10. The highest BCUT2D eigenvalue weighted by Gasteiger charge is 2.23. The fourth-order valence-corrected chi connectivity index (χ4v) is 4.19. The van der Waals surface area contributed by atoms with Gasteiger partial charge in [0, 0.05) is 0 Å². The molecule has 0 saturated carbocycles. The van der Waals surface area contributed by atoms with Gasteiger partial charge in [-0.25, -0.2) is 0 Å². The molecule has 5 heteroatoms. The first-order valence-corrected chi connectivity index (χ1v) is 13.8. The topological polar surface area (TPSA) is 89.8 Å². The Morgan fingerprint density at radius 2 is 1.00 bits per heavy atom. The molecule has 1 amide bonds. The van der Waals surface area contributed by atoms with Crippen LogP contribution in [0.4, 0.5) is 0 Å². The summed E-state index contributed by atoms with van der Waals surface area (Å²) >= 11 is 0. The Morgan fingerprint density at radius 3 is 1.41 bits per heavy atom. The van der Waals surface area contributed by atoms with E-state index in [-0.39, 0.29) is 6.61 Å². The zero-order valence-corrected chi connectivity index (χ0v) is 21.3. The molecule has 5 nitrogen and oxygen atoms in total. The van der Waals surface area contributed by atoms with Crippen LogP contribution in [0.1, 0.15) is 142 Å². The average molecular weight is 458 g/mol. The van der Waals surface area contributed by atoms with Crippen molar-refractivity contribution in [2.24, 2.45) is 0 Å². The maximum atomic E-state index is 12.1. The average Bonchev–Trinajstić information content (AvgIpc) is 2.79. The van der Waals surface area contributed by atoms with Gasteiger partial charge in [-0.1, -0.05) is 129 Å². The summed E-state index contributed by atoms with van der Waals surface area (Å²) in [4.78, 5) is 12.1. The molecular formula is C27H55NO4. The monoisotopic (exact) mass is 457 g/mol. The Morgan fingerprint density at radius 1 is 0.625 bits per heavy atom. The molecule has 0 aliphatic heterocycles. The molecule has 0 aliphatic rings. The quantitative estimate of drug-likeness (QED) is 0.133. The predicted molar refractivity (Wildman–Crippen MR) is 135 cm³/mol. The Hall–Kier alpha value is -0.650. The van der Waals surface area contributed by atoms with Crippen LogP contribution in [-0.4, -0.2) is 46.1 Å². The van der Waals surface area contributed by atoms with Gasteiger partial charge in [0.15, 0.2) is 0 Å². The van der Waals surface area contributed by atoms with E-state index < -0.39 is 24.2 Å². The van der Waals surface area contributed by atoms with Crippen LogP contribution in [0.25, 0.3) is 0 Å². The molecule has 1 unspecified atom stereocenters. The van der Waals surface area contributed by atoms with Gasteiger partial charge >= 0.3 is 0 Å². The van der Waals surface area contributed by atoms with Crippen LogP contribution in [0.3, 0.4) is 0 Å². The van der Waals surface area contributed by atoms with Gasteiger partial charge in [0.05, 0.1) is 18.8 Å². The molecule has 0 fully saturated rings. The largest absolute Gasteiger partial charge is 0.394 e. The summed E-state index contributed by atoms with van der Waals surface area (Å²) in [6, 6.07) is -0.699. The third-order valence-electron chi connectivity index (χ3n) is 6.48. The van der Waals surface area contributed by atoms with E-state index in [0.717, 1.165) is 32.1 Å². The van der Waals surface area contributed by atoms with Crippen LogP contribution in [0.2, 0.25) is 0 Å². The standard InChI is InChI=1S/C27H55NO4/c1-3-5-7-9-10-11-12-13-14-15-16-18-19-21-25(30)24(23-29)28-27(32)26(31)22-20-17-8-6-4-2/h24-26,29-31H,3-23H2,1-2H3,(H,28,32)/t24-,25+,26?/m0/s1. The third-order valence-corrected chi connectivity index (χ3v) is 6.48. The number of hydrogen-bond acceptors (Lipinski definition) is 4. The van der Waals surface area contributed by atoms with E-state index in [4.69, 9.17) is 0 Å². The van der Waals surface area contributed by atoms with Gasteiger partial charge in [-0.05, 0) is 12.8 Å². The molecule has 0 saturated heterocycles. The summed E-state index contributed by atoms with van der Waals surface area (Å²) in [7, 11) is 0. The van der Waals surface area contributed by atoms with E-state index in [2.05, 4.69) is 19.2 Å². The van der Waals surface area contributed by atoms with Crippen molar-refractivity contribution in [3.8, 4) is 0 Å². The molecule has 3 atom stereocenters. The number of unbranched alkanes of at least 4 members (excludes halogenated alkanes) is 16. The summed E-state index contributed by atoms with van der Waals surface area (Å²) in [6.07, 6.45) is 21.1. The minimum atomic E-state index is -1.06. The molecule has 0 heterocycles. The van der Waals surface area contributed by atoms with Crippen molar-refractivity contribution in [3.05, 3.63) is 0 Å². The van der Waals surface area contributed by atoms with E-state index in [1.165, 1.54) is 83.5 Å². The highest BCUT2D eigenvalue weighted by molar-refractivity contribution is 5.80. The van der Waals surface area contributed by atoms with Gasteiger partial charge in [-0.2, -0.15) is 0 Å². The fourth-order valence-electron chi connectivity index (χ4n) is 4.19. The number of carbonyl (C=O) groups excluding carboxylic acids is 1. The zero-order valence-electron chi connectivity index (χ0n) is 21.3. The summed E-state index contributed by atoms with van der Waals surface area (Å²) in [5.41, 5.74) is 0. The lowest BCUT2D eigenvalue weighted by Crippen LogP contribution is -2.49. The second-order valence-electron chi connectivity index (χ2n) is 9.62. The minimum Gasteiger partial charge on any atom is -0.394 e. The van der Waals surface area contributed by atoms with Crippen LogP contribution >= 0.6 is 0 Å². The Kier molecular flexibility index (Phi) is 23.0. The van der Waals surface area contributed by atoms with E-state index in [9.17, 15) is 20.1 Å². The number of carbonyl (C=O) groups is 1. The first kappa shape index (κ1) is 31.4. The maximum absolute atomic E-state index is 12.1. The minimum absolute atomic E-state index is 0.311. The van der Waals surface area contributed by atoms with Crippen molar-refractivity contribution >= 4 is 5.91 Å². The first-order chi connectivity index (χ1) is 15.6. The van der Waals surface area contributed by atoms with Crippen molar-refractivity contribution in [1.82, 2.24) is 5.32 Å². The maximum Gasteiger partial charge on any atom is 0.249 e. The predicted octanol–water partition coefficient (Wildman–Crippen LogP) is 6.03. The van der Waals surface area contributed by atoms with Crippen LogP contribution < -0.4 is 5.32 Å². The van der Waals surface area contributed by atoms with Crippen molar-refractivity contribution in [2.75, 3.05) is 6.61 Å². The number of nitrogens with one attached hydrogen (secondary N) is 1. The second kappa shape index (κ2) is 23.5. The lowest BCUT2D eigenvalue weighted by molar-refractivity contribution is -0.131. The summed E-state index contributed by atoms with van der Waals surface area (Å²) in [5, 5.41) is 32.5. The second-order valence-corrected chi connectivity index (χ2v) is 9.62.